The number of pyridine rings is 4. The standard InChI is InChI=1S/C18H25FN4O2S.C16H22FN5O2S.C8H7FN4S.C5H5FN2.C3H3ClN2S.H2/c1-3-25-17(24)9-7-5-4-6-8-12-23(18-21-14(2)22-26-18)16-11-10-15(19)13-20-16;1-12-19-16(25-21-12)22(14-9-8-13(17)11-18-14)10-6-4-2-3-5-7-15(23)20-24;1-5-11-8(14-13-5)12-7-3-2-6(9)4-10-7;6-4-1-2-5(7)8-3-4;1-2-5-3(4)7-6-2;/h10-11,13H,3-9,12H2,1-2H3;8-9,11,24H,2-7,10H2,1H3,(H,20,23);2-4H,1H3,(H,10,11,12,13);1-3H,(H2,7,8);1H3;1H. The summed E-state index contributed by atoms with van der Waals surface area (Å²) in [4.78, 5) is 58.5. The SMILES string of the molecule is CCOC(=O)CCCCCCCN(c1ccc(F)cn1)c1nc(C)ns1.Cc1nsc(Cl)n1.Cc1nsc(N(CCCCCCCC(=O)NO)c2ccc(F)cn2)n1.Cc1nsc(Nc2ccc(F)cn2)n1.Nc1ccc(F)cn1.[HH]. The third-order valence-electron chi connectivity index (χ3n) is 10.2. The molecule has 8 rings (SSSR count). The van der Waals surface area contributed by atoms with Gasteiger partial charge in [0.05, 0.1) is 31.4 Å². The van der Waals surface area contributed by atoms with Crippen molar-refractivity contribution in [1.82, 2.24) is 62.8 Å². The lowest BCUT2D eigenvalue weighted by molar-refractivity contribution is -0.143. The van der Waals surface area contributed by atoms with Crippen molar-refractivity contribution in [3.8, 4) is 0 Å². The number of nitrogens with one attached hydrogen (secondary N) is 2. The van der Waals surface area contributed by atoms with Gasteiger partial charge in [-0.25, -0.2) is 62.9 Å². The van der Waals surface area contributed by atoms with Crippen molar-refractivity contribution in [2.45, 2.75) is 112 Å². The molecule has 80 heavy (non-hydrogen) atoms. The molecule has 8 heterocycles. The van der Waals surface area contributed by atoms with E-state index < -0.39 is 0 Å². The van der Waals surface area contributed by atoms with Crippen molar-refractivity contribution in [3.05, 3.63) is 124 Å². The lowest BCUT2D eigenvalue weighted by Crippen LogP contribution is -2.19. The third-order valence-corrected chi connectivity index (χ3v) is 13.5. The number of unbranched alkanes of at least 4 members (excludes halogenated alkanes) is 8. The first kappa shape index (κ1) is 65.5. The Labute approximate surface area is 483 Å². The Bertz CT molecular complexity index is 2950. The maximum Gasteiger partial charge on any atom is 0.305 e. The maximum absolute atomic E-state index is 13.1. The Kier molecular flexibility index (Phi) is 30.3. The first-order chi connectivity index (χ1) is 38.5. The number of hydroxylamine groups is 1. The highest BCUT2D eigenvalue weighted by molar-refractivity contribution is 7.10. The highest BCUT2D eigenvalue weighted by Crippen LogP contribution is 2.28. The van der Waals surface area contributed by atoms with Gasteiger partial charge in [-0.15, -0.1) is 0 Å². The molecule has 0 aliphatic heterocycles. The average molecular weight is 1210 g/mol. The molecular formula is C50H64ClF4N17O4S4. The average Bonchev–Trinajstić information content (AvgIpc) is 4.28. The molecule has 30 heteroatoms. The van der Waals surface area contributed by atoms with E-state index >= 15 is 0 Å². The molecule has 5 N–H and O–H groups in total. The summed E-state index contributed by atoms with van der Waals surface area (Å²) < 4.78 is 72.4. The van der Waals surface area contributed by atoms with Crippen molar-refractivity contribution in [2.75, 3.05) is 40.5 Å². The van der Waals surface area contributed by atoms with E-state index in [0.29, 0.717) is 70.5 Å². The highest BCUT2D eigenvalue weighted by atomic mass is 35.5. The third kappa shape index (κ3) is 26.7. The molecule has 0 fully saturated rings. The molecule has 0 atom stereocenters. The Morgan fingerprint density at radius 2 is 1.04 bits per heavy atom. The fourth-order valence-corrected chi connectivity index (χ4v) is 9.13. The summed E-state index contributed by atoms with van der Waals surface area (Å²) in [6.45, 7) is 11.0. The molecular weight excluding hydrogens is 1140 g/mol. The van der Waals surface area contributed by atoms with Crippen LogP contribution in [0.15, 0.2) is 73.3 Å². The van der Waals surface area contributed by atoms with Gasteiger partial charge >= 0.3 is 5.97 Å². The number of hydrogen-bond donors (Lipinski definition) is 4. The van der Waals surface area contributed by atoms with E-state index in [9.17, 15) is 27.2 Å². The van der Waals surface area contributed by atoms with Crippen LogP contribution in [0.1, 0.15) is 109 Å². The van der Waals surface area contributed by atoms with Crippen molar-refractivity contribution in [1.29, 1.82) is 0 Å². The minimum absolute atomic E-state index is 0. The smallest absolute Gasteiger partial charge is 0.305 e. The number of halogens is 5. The molecule has 1 amide bonds. The number of aromatic nitrogens is 12. The number of rotatable bonds is 23. The number of nitrogens with zero attached hydrogens (tertiary/aromatic N) is 14. The predicted molar refractivity (Wildman–Crippen MR) is 306 cm³/mol. The van der Waals surface area contributed by atoms with Gasteiger partial charge in [0, 0.05) is 62.0 Å². The van der Waals surface area contributed by atoms with E-state index in [1.807, 2.05) is 37.5 Å². The monoisotopic (exact) mass is 1210 g/mol. The number of nitrogens with two attached hydrogens (primary N) is 1. The van der Waals surface area contributed by atoms with Crippen molar-refractivity contribution in [3.63, 3.8) is 0 Å². The minimum Gasteiger partial charge on any atom is -0.466 e. The topological polar surface area (TPSA) is 275 Å². The fraction of sp³-hybridized carbons (Fsp3) is 0.400. The Hall–Kier alpha value is -7.05. The van der Waals surface area contributed by atoms with E-state index in [0.717, 1.165) is 105 Å². The number of anilines is 7. The van der Waals surface area contributed by atoms with E-state index in [2.05, 4.69) is 62.7 Å². The van der Waals surface area contributed by atoms with Crippen molar-refractivity contribution in [2.24, 2.45) is 0 Å². The summed E-state index contributed by atoms with van der Waals surface area (Å²) >= 11 is 10.5. The molecule has 0 bridgehead atoms. The molecule has 21 nitrogen and oxygen atoms in total. The summed E-state index contributed by atoms with van der Waals surface area (Å²) in [5, 5.41) is 13.5. The van der Waals surface area contributed by atoms with Crippen LogP contribution in [0.25, 0.3) is 0 Å². The van der Waals surface area contributed by atoms with Crippen LogP contribution in [0.4, 0.5) is 56.2 Å². The number of nitrogen functional groups attached to an aromatic ring is 1. The Balaban J connectivity index is 0.000000287. The second-order valence-corrected chi connectivity index (χ2v) is 20.3. The number of amides is 1. The molecule has 0 radical (unpaired) electrons. The molecule has 0 aliphatic carbocycles. The molecule has 0 spiro atoms. The minimum atomic E-state index is -0.371. The number of ether oxygens (including phenoxy) is 1. The molecule has 432 valence electrons. The predicted octanol–water partition coefficient (Wildman–Crippen LogP) is 12.5. The lowest BCUT2D eigenvalue weighted by Gasteiger charge is -2.20. The zero-order valence-corrected chi connectivity index (χ0v) is 48.6. The quantitative estimate of drug-likeness (QED) is 0.0152. The number of aryl methyl sites for hydroxylation is 4. The Morgan fingerprint density at radius 1 is 0.588 bits per heavy atom. The summed E-state index contributed by atoms with van der Waals surface area (Å²) in [6, 6.07) is 11.6. The van der Waals surface area contributed by atoms with Crippen LogP contribution >= 0.6 is 57.7 Å². The van der Waals surface area contributed by atoms with Crippen molar-refractivity contribution >= 4 is 108 Å². The van der Waals surface area contributed by atoms with Gasteiger partial charge in [-0.1, -0.05) is 38.5 Å². The summed E-state index contributed by atoms with van der Waals surface area (Å²) in [5.41, 5.74) is 6.78. The van der Waals surface area contributed by atoms with Gasteiger partial charge in [-0.05, 0) is 132 Å². The second-order valence-electron chi connectivity index (χ2n) is 16.7. The molecule has 8 aromatic rings. The number of carbonyl (C=O) groups is 2. The van der Waals surface area contributed by atoms with Gasteiger partial charge in [0.2, 0.25) is 25.8 Å². The van der Waals surface area contributed by atoms with Gasteiger partial charge in [0.25, 0.3) is 0 Å². The van der Waals surface area contributed by atoms with Gasteiger partial charge in [-0.2, -0.15) is 17.5 Å². The van der Waals surface area contributed by atoms with Gasteiger partial charge in [-0.3, -0.25) is 14.8 Å². The number of hydrogen-bond acceptors (Lipinski definition) is 24. The van der Waals surface area contributed by atoms with Crippen LogP contribution in [0.5, 0.6) is 0 Å². The number of carbonyl (C=O) groups excluding carboxylic acids is 2. The maximum atomic E-state index is 13.1. The highest BCUT2D eigenvalue weighted by Gasteiger charge is 2.17. The molecule has 0 aromatic carbocycles. The molecule has 0 unspecified atom stereocenters. The summed E-state index contributed by atoms with van der Waals surface area (Å²) in [5.74, 6) is 3.18. The number of esters is 1. The van der Waals surface area contributed by atoms with E-state index in [4.69, 9.17) is 27.3 Å². The fourth-order valence-electron chi connectivity index (χ4n) is 6.47. The second kappa shape index (κ2) is 37.0. The van der Waals surface area contributed by atoms with E-state index in [1.54, 1.807) is 30.6 Å². The van der Waals surface area contributed by atoms with Crippen LogP contribution in [0, 0.1) is 51.0 Å². The van der Waals surface area contributed by atoms with Gasteiger partial charge in [0.1, 0.15) is 69.8 Å². The normalized spacial score (nSPS) is 10.3. The zero-order chi connectivity index (χ0) is 58.1. The van der Waals surface area contributed by atoms with Crippen LogP contribution < -0.4 is 26.3 Å². The zero-order valence-electron chi connectivity index (χ0n) is 44.6. The van der Waals surface area contributed by atoms with Crippen LogP contribution in [-0.2, 0) is 14.3 Å². The lowest BCUT2D eigenvalue weighted by atomic mass is 10.1. The molecule has 8 aromatic heterocycles. The van der Waals surface area contributed by atoms with Gasteiger partial charge < -0.3 is 25.6 Å². The molecule has 0 saturated heterocycles. The first-order valence-electron chi connectivity index (χ1n) is 25.0. The van der Waals surface area contributed by atoms with Crippen LogP contribution in [-0.4, -0.2) is 94.1 Å². The molecule has 0 saturated carbocycles. The first-order valence-corrected chi connectivity index (χ1v) is 28.5. The summed E-state index contributed by atoms with van der Waals surface area (Å²) in [6.07, 6.45) is 15.0. The largest absolute Gasteiger partial charge is 0.466 e. The summed E-state index contributed by atoms with van der Waals surface area (Å²) in [7, 11) is 0. The van der Waals surface area contributed by atoms with Crippen LogP contribution in [0.2, 0.25) is 4.47 Å². The van der Waals surface area contributed by atoms with Crippen LogP contribution in [0.3, 0.4) is 0 Å². The molecule has 0 aliphatic rings. The van der Waals surface area contributed by atoms with Gasteiger partial charge in [0.15, 0.2) is 0 Å². The Morgan fingerprint density at radius 3 is 1.41 bits per heavy atom. The van der Waals surface area contributed by atoms with E-state index in [1.165, 1.54) is 88.9 Å². The van der Waals surface area contributed by atoms with Crippen molar-refractivity contribution < 1.29 is 38.5 Å². The van der Waals surface area contributed by atoms with E-state index in [-0.39, 0.29) is 36.6 Å².